The first-order valence-corrected chi connectivity index (χ1v) is 10.8. The van der Waals surface area contributed by atoms with Gasteiger partial charge in [-0.1, -0.05) is 37.5 Å². The van der Waals surface area contributed by atoms with Crippen molar-refractivity contribution in [3.63, 3.8) is 0 Å². The number of aliphatic imine (C=N–C) groups is 1. The van der Waals surface area contributed by atoms with Crippen molar-refractivity contribution in [3.8, 4) is 0 Å². The SMILES string of the molecule is CCNC(=NCC(=O)Nc1ccccc1)NC1CCN(C(=O)C2CCCCC2)C1.I. The van der Waals surface area contributed by atoms with Crippen LogP contribution in [-0.2, 0) is 9.59 Å². The molecule has 0 aromatic heterocycles. The van der Waals surface area contributed by atoms with Crippen LogP contribution in [0.15, 0.2) is 35.3 Å². The van der Waals surface area contributed by atoms with Crippen molar-refractivity contribution in [2.45, 2.75) is 51.5 Å². The third kappa shape index (κ3) is 7.45. The van der Waals surface area contributed by atoms with E-state index in [1.807, 2.05) is 42.2 Å². The number of anilines is 1. The third-order valence-electron chi connectivity index (χ3n) is 5.58. The number of benzene rings is 1. The Hall–Kier alpha value is -1.84. The quantitative estimate of drug-likeness (QED) is 0.302. The molecule has 2 aliphatic rings. The summed E-state index contributed by atoms with van der Waals surface area (Å²) in [6.07, 6.45) is 6.58. The first-order chi connectivity index (χ1) is 14.2. The van der Waals surface area contributed by atoms with E-state index in [0.717, 1.165) is 31.5 Å². The van der Waals surface area contributed by atoms with E-state index in [0.29, 0.717) is 25.0 Å². The van der Waals surface area contributed by atoms with Crippen LogP contribution < -0.4 is 16.0 Å². The molecule has 3 N–H and O–H groups in total. The molecule has 30 heavy (non-hydrogen) atoms. The standard InChI is InChI=1S/C22H33N5O2.HI/c1-2-23-22(24-15-20(28)25-18-11-7-4-8-12-18)26-19-13-14-27(16-19)21(29)17-9-5-3-6-10-17;/h4,7-8,11-12,17,19H,2-3,5-6,9-10,13-16H2,1H3,(H,25,28)(H2,23,24,26);1H. The Kier molecular flexibility index (Phi) is 10.4. The van der Waals surface area contributed by atoms with Gasteiger partial charge in [-0.05, 0) is 38.3 Å². The monoisotopic (exact) mass is 527 g/mol. The zero-order valence-electron chi connectivity index (χ0n) is 17.7. The van der Waals surface area contributed by atoms with Gasteiger partial charge >= 0.3 is 0 Å². The van der Waals surface area contributed by atoms with Crippen molar-refractivity contribution in [1.29, 1.82) is 0 Å². The van der Waals surface area contributed by atoms with Crippen molar-refractivity contribution in [1.82, 2.24) is 15.5 Å². The summed E-state index contributed by atoms with van der Waals surface area (Å²) < 4.78 is 0. The normalized spacial score (nSPS) is 19.7. The Morgan fingerprint density at radius 1 is 1.10 bits per heavy atom. The number of carbonyl (C=O) groups is 2. The average molecular weight is 527 g/mol. The van der Waals surface area contributed by atoms with Crippen molar-refractivity contribution >= 4 is 47.4 Å². The van der Waals surface area contributed by atoms with Crippen LogP contribution in [0.4, 0.5) is 5.69 Å². The van der Waals surface area contributed by atoms with E-state index in [2.05, 4.69) is 20.9 Å². The lowest BCUT2D eigenvalue weighted by atomic mass is 9.88. The number of hydrogen-bond acceptors (Lipinski definition) is 3. The molecule has 8 heteroatoms. The predicted octanol–water partition coefficient (Wildman–Crippen LogP) is 2.98. The second-order valence-electron chi connectivity index (χ2n) is 7.86. The molecule has 166 valence electrons. The van der Waals surface area contributed by atoms with E-state index < -0.39 is 0 Å². The van der Waals surface area contributed by atoms with Crippen LogP contribution in [0.3, 0.4) is 0 Å². The molecule has 1 aliphatic carbocycles. The molecular weight excluding hydrogens is 493 g/mol. The second-order valence-corrected chi connectivity index (χ2v) is 7.86. The largest absolute Gasteiger partial charge is 0.357 e. The maximum Gasteiger partial charge on any atom is 0.246 e. The molecule has 1 aromatic rings. The van der Waals surface area contributed by atoms with Crippen LogP contribution in [0.1, 0.15) is 45.4 Å². The van der Waals surface area contributed by atoms with Gasteiger partial charge in [0, 0.05) is 37.3 Å². The van der Waals surface area contributed by atoms with Crippen LogP contribution in [0.5, 0.6) is 0 Å². The molecule has 1 atom stereocenters. The van der Waals surface area contributed by atoms with Crippen molar-refractivity contribution in [2.75, 3.05) is 31.5 Å². The van der Waals surface area contributed by atoms with Gasteiger partial charge in [0.05, 0.1) is 0 Å². The summed E-state index contributed by atoms with van der Waals surface area (Å²) in [6, 6.07) is 9.53. The number of amides is 2. The van der Waals surface area contributed by atoms with Gasteiger partial charge < -0.3 is 20.9 Å². The van der Waals surface area contributed by atoms with Crippen molar-refractivity contribution in [3.05, 3.63) is 30.3 Å². The molecule has 1 saturated heterocycles. The summed E-state index contributed by atoms with van der Waals surface area (Å²) in [7, 11) is 0. The third-order valence-corrected chi connectivity index (χ3v) is 5.58. The number of para-hydroxylation sites is 1. The molecule has 1 unspecified atom stereocenters. The minimum atomic E-state index is -0.158. The number of guanidine groups is 1. The van der Waals surface area contributed by atoms with Gasteiger partial charge in [0.1, 0.15) is 6.54 Å². The molecule has 2 fully saturated rings. The summed E-state index contributed by atoms with van der Waals surface area (Å²) in [6.45, 7) is 4.25. The Morgan fingerprint density at radius 3 is 2.53 bits per heavy atom. The van der Waals surface area contributed by atoms with Gasteiger partial charge in [-0.3, -0.25) is 9.59 Å². The molecule has 1 aromatic carbocycles. The number of hydrogen-bond donors (Lipinski definition) is 3. The molecule has 1 saturated carbocycles. The highest BCUT2D eigenvalue weighted by Crippen LogP contribution is 2.26. The zero-order chi connectivity index (χ0) is 20.5. The maximum absolute atomic E-state index is 12.7. The van der Waals surface area contributed by atoms with Crippen molar-refractivity contribution < 1.29 is 9.59 Å². The predicted molar refractivity (Wildman–Crippen MR) is 131 cm³/mol. The summed E-state index contributed by atoms with van der Waals surface area (Å²) in [5.74, 6) is 0.992. The first kappa shape index (κ1) is 24.4. The maximum atomic E-state index is 12.7. The first-order valence-electron chi connectivity index (χ1n) is 10.8. The number of likely N-dealkylation sites (tertiary alicyclic amines) is 1. The fourth-order valence-electron chi connectivity index (χ4n) is 4.07. The van der Waals surface area contributed by atoms with E-state index >= 15 is 0 Å². The Labute approximate surface area is 196 Å². The van der Waals surface area contributed by atoms with Crippen LogP contribution in [-0.4, -0.2) is 54.9 Å². The Bertz CT molecular complexity index is 707. The molecule has 0 radical (unpaired) electrons. The zero-order valence-corrected chi connectivity index (χ0v) is 20.1. The number of nitrogens with one attached hydrogen (secondary N) is 3. The van der Waals surface area contributed by atoms with Gasteiger partial charge in [0.2, 0.25) is 11.8 Å². The lowest BCUT2D eigenvalue weighted by molar-refractivity contribution is -0.135. The lowest BCUT2D eigenvalue weighted by Crippen LogP contribution is -2.46. The highest BCUT2D eigenvalue weighted by molar-refractivity contribution is 14.0. The van der Waals surface area contributed by atoms with E-state index in [4.69, 9.17) is 0 Å². The second kappa shape index (κ2) is 12.8. The highest BCUT2D eigenvalue weighted by atomic mass is 127. The minimum Gasteiger partial charge on any atom is -0.357 e. The molecule has 2 amide bonds. The molecular formula is C22H34IN5O2. The van der Waals surface area contributed by atoms with Crippen molar-refractivity contribution in [2.24, 2.45) is 10.9 Å². The van der Waals surface area contributed by atoms with Crippen LogP contribution >= 0.6 is 24.0 Å². The molecule has 7 nitrogen and oxygen atoms in total. The number of halogens is 1. The van der Waals surface area contributed by atoms with Crippen LogP contribution in [0.25, 0.3) is 0 Å². The van der Waals surface area contributed by atoms with Gasteiger partial charge in [-0.15, -0.1) is 24.0 Å². The Morgan fingerprint density at radius 2 is 1.83 bits per heavy atom. The summed E-state index contributed by atoms with van der Waals surface area (Å²) >= 11 is 0. The van der Waals surface area contributed by atoms with Crippen LogP contribution in [0, 0.1) is 5.92 Å². The van der Waals surface area contributed by atoms with Crippen LogP contribution in [0.2, 0.25) is 0 Å². The molecule has 1 aliphatic heterocycles. The molecule has 0 bridgehead atoms. The summed E-state index contributed by atoms with van der Waals surface area (Å²) in [5, 5.41) is 9.42. The van der Waals surface area contributed by atoms with E-state index in [1.165, 1.54) is 19.3 Å². The van der Waals surface area contributed by atoms with E-state index in [1.54, 1.807) is 0 Å². The summed E-state index contributed by atoms with van der Waals surface area (Å²) in [5.41, 5.74) is 0.762. The number of rotatable bonds is 6. The van der Waals surface area contributed by atoms with Gasteiger partial charge in [-0.25, -0.2) is 4.99 Å². The highest BCUT2D eigenvalue weighted by Gasteiger charge is 2.31. The van der Waals surface area contributed by atoms with Gasteiger partial charge in [0.15, 0.2) is 5.96 Å². The fourth-order valence-corrected chi connectivity index (χ4v) is 4.07. The smallest absolute Gasteiger partial charge is 0.246 e. The molecule has 1 heterocycles. The minimum absolute atomic E-state index is 0. The lowest BCUT2D eigenvalue weighted by Gasteiger charge is -2.26. The Balaban J connectivity index is 0.00000320. The average Bonchev–Trinajstić information content (AvgIpc) is 3.21. The van der Waals surface area contributed by atoms with E-state index in [9.17, 15) is 9.59 Å². The molecule has 0 spiro atoms. The van der Waals surface area contributed by atoms with E-state index in [-0.39, 0.29) is 48.4 Å². The van der Waals surface area contributed by atoms with Gasteiger partial charge in [-0.2, -0.15) is 0 Å². The van der Waals surface area contributed by atoms with Gasteiger partial charge in [0.25, 0.3) is 0 Å². The fraction of sp³-hybridized carbons (Fsp3) is 0.591. The molecule has 3 rings (SSSR count). The summed E-state index contributed by atoms with van der Waals surface area (Å²) in [4.78, 5) is 31.3. The number of nitrogens with zero attached hydrogens (tertiary/aromatic N) is 2. The topological polar surface area (TPSA) is 85.8 Å². The number of carbonyl (C=O) groups excluding carboxylic acids is 2.